The van der Waals surface area contributed by atoms with E-state index < -0.39 is 5.97 Å². The van der Waals surface area contributed by atoms with Crippen LogP contribution in [0.15, 0.2) is 53.9 Å². The number of nitrogens with zero attached hydrogens (tertiary/aromatic N) is 1. The molecule has 0 fully saturated rings. The molecular formula is C18H15NO3S. The Balaban J connectivity index is 1.76. The highest BCUT2D eigenvalue weighted by atomic mass is 32.1. The summed E-state index contributed by atoms with van der Waals surface area (Å²) < 4.78 is 10.5. The maximum absolute atomic E-state index is 12.2. The van der Waals surface area contributed by atoms with E-state index in [1.807, 2.05) is 49.4 Å². The number of benzene rings is 2. The van der Waals surface area contributed by atoms with Gasteiger partial charge in [0.05, 0.1) is 7.11 Å². The van der Waals surface area contributed by atoms with Crippen molar-refractivity contribution in [3.8, 4) is 22.1 Å². The van der Waals surface area contributed by atoms with Gasteiger partial charge < -0.3 is 9.47 Å². The van der Waals surface area contributed by atoms with Gasteiger partial charge in [0.2, 0.25) is 0 Å². The molecule has 1 heterocycles. The lowest BCUT2D eigenvalue weighted by Gasteiger charge is -2.03. The van der Waals surface area contributed by atoms with Crippen molar-refractivity contribution in [3.05, 3.63) is 65.2 Å². The molecule has 0 N–H and O–H groups in total. The van der Waals surface area contributed by atoms with Crippen LogP contribution in [0.2, 0.25) is 0 Å². The van der Waals surface area contributed by atoms with Crippen molar-refractivity contribution in [1.29, 1.82) is 0 Å². The second kappa shape index (κ2) is 6.62. The molecule has 0 spiro atoms. The van der Waals surface area contributed by atoms with Crippen LogP contribution in [-0.2, 0) is 0 Å². The molecule has 1 aromatic heterocycles. The number of ether oxygens (including phenoxy) is 2. The third-order valence-electron chi connectivity index (χ3n) is 3.25. The average Bonchev–Trinajstić information content (AvgIpc) is 3.05. The van der Waals surface area contributed by atoms with Crippen LogP contribution in [0.1, 0.15) is 16.1 Å². The van der Waals surface area contributed by atoms with Crippen molar-refractivity contribution in [1.82, 2.24) is 4.98 Å². The number of aromatic nitrogens is 1. The smallest absolute Gasteiger partial charge is 0.363 e. The van der Waals surface area contributed by atoms with Crippen molar-refractivity contribution in [2.75, 3.05) is 7.11 Å². The summed E-state index contributed by atoms with van der Waals surface area (Å²) in [4.78, 5) is 16.5. The fraction of sp³-hybridized carbons (Fsp3) is 0.111. The number of thiazole rings is 1. The number of rotatable bonds is 4. The molecule has 2 aromatic carbocycles. The number of carbonyl (C=O) groups is 1. The van der Waals surface area contributed by atoms with Gasteiger partial charge in [-0.15, -0.1) is 11.3 Å². The molecule has 0 saturated carbocycles. The monoisotopic (exact) mass is 325 g/mol. The maximum Gasteiger partial charge on any atom is 0.363 e. The van der Waals surface area contributed by atoms with E-state index in [9.17, 15) is 4.79 Å². The molecule has 0 aliphatic carbocycles. The first kappa shape index (κ1) is 15.2. The van der Waals surface area contributed by atoms with E-state index in [0.29, 0.717) is 11.4 Å². The first-order valence-corrected chi connectivity index (χ1v) is 7.92. The van der Waals surface area contributed by atoms with Crippen LogP contribution < -0.4 is 9.47 Å². The molecule has 0 saturated heterocycles. The van der Waals surface area contributed by atoms with E-state index >= 15 is 0 Å². The molecule has 0 amide bonds. The first-order valence-electron chi connectivity index (χ1n) is 7.04. The number of carbonyl (C=O) groups excluding carboxylic acids is 1. The molecule has 0 aliphatic heterocycles. The summed E-state index contributed by atoms with van der Waals surface area (Å²) in [6, 6.07) is 14.9. The van der Waals surface area contributed by atoms with Gasteiger partial charge in [-0.2, -0.15) is 0 Å². The Morgan fingerprint density at radius 1 is 1.09 bits per heavy atom. The van der Waals surface area contributed by atoms with Gasteiger partial charge >= 0.3 is 5.97 Å². The minimum absolute atomic E-state index is 0.308. The van der Waals surface area contributed by atoms with Crippen LogP contribution in [0.5, 0.6) is 11.5 Å². The summed E-state index contributed by atoms with van der Waals surface area (Å²) in [5.74, 6) is 0.852. The summed E-state index contributed by atoms with van der Waals surface area (Å²) in [5.41, 5.74) is 2.28. The standard InChI is InChI=1S/C18H15NO3S/c1-12-4-3-5-15(10-12)22-18(20)16-11-23-17(19-16)13-6-8-14(21-2)9-7-13/h3-11H,1-2H3. The number of hydrogen-bond acceptors (Lipinski definition) is 5. The Morgan fingerprint density at radius 2 is 1.87 bits per heavy atom. The van der Waals surface area contributed by atoms with Crippen molar-refractivity contribution in [2.45, 2.75) is 6.92 Å². The molecular weight excluding hydrogens is 310 g/mol. The molecule has 4 nitrogen and oxygen atoms in total. The summed E-state index contributed by atoms with van der Waals surface area (Å²) in [6.45, 7) is 1.95. The predicted molar refractivity (Wildman–Crippen MR) is 90.2 cm³/mol. The van der Waals surface area contributed by atoms with E-state index in [1.165, 1.54) is 11.3 Å². The molecule has 3 rings (SSSR count). The molecule has 116 valence electrons. The maximum atomic E-state index is 12.2. The van der Waals surface area contributed by atoms with E-state index in [2.05, 4.69) is 4.98 Å². The highest BCUT2D eigenvalue weighted by Crippen LogP contribution is 2.26. The third-order valence-corrected chi connectivity index (χ3v) is 4.14. The summed E-state index contributed by atoms with van der Waals surface area (Å²) in [6.07, 6.45) is 0. The second-order valence-electron chi connectivity index (χ2n) is 4.97. The topological polar surface area (TPSA) is 48.4 Å². The zero-order valence-corrected chi connectivity index (χ0v) is 13.6. The number of methoxy groups -OCH3 is 1. The number of hydrogen-bond donors (Lipinski definition) is 0. The van der Waals surface area contributed by atoms with E-state index in [4.69, 9.17) is 9.47 Å². The van der Waals surface area contributed by atoms with Gasteiger partial charge in [-0.25, -0.2) is 9.78 Å². The first-order chi connectivity index (χ1) is 11.2. The molecule has 5 heteroatoms. The molecule has 23 heavy (non-hydrogen) atoms. The van der Waals surface area contributed by atoms with Crippen molar-refractivity contribution in [2.24, 2.45) is 0 Å². The zero-order valence-electron chi connectivity index (χ0n) is 12.8. The zero-order chi connectivity index (χ0) is 16.2. The van der Waals surface area contributed by atoms with Gasteiger partial charge in [-0.3, -0.25) is 0 Å². The van der Waals surface area contributed by atoms with Gasteiger partial charge in [-0.1, -0.05) is 12.1 Å². The van der Waals surface area contributed by atoms with Crippen LogP contribution in [0.4, 0.5) is 0 Å². The lowest BCUT2D eigenvalue weighted by atomic mass is 10.2. The van der Waals surface area contributed by atoms with Gasteiger partial charge in [0.15, 0.2) is 5.69 Å². The predicted octanol–water partition coefficient (Wildman–Crippen LogP) is 4.35. The van der Waals surface area contributed by atoms with Crippen molar-refractivity contribution >= 4 is 17.3 Å². The SMILES string of the molecule is COc1ccc(-c2nc(C(=O)Oc3cccc(C)c3)cs2)cc1. The largest absolute Gasteiger partial charge is 0.497 e. The van der Waals surface area contributed by atoms with Gasteiger partial charge in [0.25, 0.3) is 0 Å². The minimum Gasteiger partial charge on any atom is -0.497 e. The normalized spacial score (nSPS) is 10.3. The third kappa shape index (κ3) is 3.57. The summed E-state index contributed by atoms with van der Waals surface area (Å²) in [5, 5.41) is 2.47. The molecule has 0 bridgehead atoms. The lowest BCUT2D eigenvalue weighted by molar-refractivity contribution is 0.0729. The van der Waals surface area contributed by atoms with Gasteiger partial charge in [-0.05, 0) is 48.9 Å². The van der Waals surface area contributed by atoms with Crippen LogP contribution in [0.3, 0.4) is 0 Å². The fourth-order valence-corrected chi connectivity index (χ4v) is 2.87. The van der Waals surface area contributed by atoms with Gasteiger partial charge in [0, 0.05) is 10.9 Å². The quantitative estimate of drug-likeness (QED) is 0.529. The number of esters is 1. The van der Waals surface area contributed by atoms with E-state index in [-0.39, 0.29) is 0 Å². The van der Waals surface area contributed by atoms with Crippen LogP contribution in [0, 0.1) is 6.92 Å². The van der Waals surface area contributed by atoms with Crippen molar-refractivity contribution in [3.63, 3.8) is 0 Å². The summed E-state index contributed by atoms with van der Waals surface area (Å²) >= 11 is 1.41. The van der Waals surface area contributed by atoms with Gasteiger partial charge in [0.1, 0.15) is 16.5 Å². The Morgan fingerprint density at radius 3 is 2.57 bits per heavy atom. The van der Waals surface area contributed by atoms with E-state index in [1.54, 1.807) is 18.6 Å². The Kier molecular flexibility index (Phi) is 4.39. The Bertz CT molecular complexity index is 824. The summed E-state index contributed by atoms with van der Waals surface area (Å²) in [7, 11) is 1.62. The van der Waals surface area contributed by atoms with Crippen molar-refractivity contribution < 1.29 is 14.3 Å². The second-order valence-corrected chi connectivity index (χ2v) is 5.83. The Labute approximate surface area is 138 Å². The Hall–Kier alpha value is -2.66. The highest BCUT2D eigenvalue weighted by Gasteiger charge is 2.14. The molecule has 0 aliphatic rings. The molecule has 3 aromatic rings. The molecule has 0 unspecified atom stereocenters. The van der Waals surface area contributed by atoms with Crippen LogP contribution >= 0.6 is 11.3 Å². The molecule has 0 radical (unpaired) electrons. The number of aryl methyl sites for hydroxylation is 1. The fourth-order valence-electron chi connectivity index (χ4n) is 2.07. The van der Waals surface area contributed by atoms with Crippen LogP contribution in [0.25, 0.3) is 10.6 Å². The average molecular weight is 325 g/mol. The van der Waals surface area contributed by atoms with E-state index in [0.717, 1.165) is 21.9 Å². The lowest BCUT2D eigenvalue weighted by Crippen LogP contribution is -2.08. The highest BCUT2D eigenvalue weighted by molar-refractivity contribution is 7.13. The minimum atomic E-state index is -0.452. The molecule has 0 atom stereocenters. The van der Waals surface area contributed by atoms with Crippen LogP contribution in [-0.4, -0.2) is 18.1 Å².